The van der Waals surface area contributed by atoms with Crippen LogP contribution in [0.25, 0.3) is 0 Å². The van der Waals surface area contributed by atoms with Gasteiger partial charge in [0.05, 0.1) is 13.2 Å². The lowest BCUT2D eigenvalue weighted by Crippen LogP contribution is -2.45. The van der Waals surface area contributed by atoms with E-state index in [1.807, 2.05) is 37.3 Å². The second kappa shape index (κ2) is 8.06. The molecule has 1 saturated heterocycles. The molecule has 128 valence electrons. The van der Waals surface area contributed by atoms with Crippen LogP contribution in [-0.2, 0) is 22.5 Å². The molecule has 0 N–H and O–H groups in total. The number of benzene rings is 1. The van der Waals surface area contributed by atoms with Crippen LogP contribution in [0.15, 0.2) is 34.9 Å². The summed E-state index contributed by atoms with van der Waals surface area (Å²) < 4.78 is 10.6. The molecule has 24 heavy (non-hydrogen) atoms. The van der Waals surface area contributed by atoms with E-state index in [2.05, 4.69) is 15.0 Å². The molecule has 6 heteroatoms. The largest absolute Gasteiger partial charge is 0.465 e. The number of carbonyl (C=O) groups is 1. The molecule has 6 nitrogen and oxygen atoms in total. The maximum Gasteiger partial charge on any atom is 0.323 e. The Morgan fingerprint density at radius 2 is 2.17 bits per heavy atom. The quantitative estimate of drug-likeness (QED) is 0.759. The first kappa shape index (κ1) is 16.6. The zero-order chi connectivity index (χ0) is 16.8. The second-order valence-electron chi connectivity index (χ2n) is 6.00. The lowest BCUT2D eigenvalue weighted by atomic mass is 10.0. The molecule has 1 aliphatic heterocycles. The predicted octanol–water partition coefficient (Wildman–Crippen LogP) is 2.58. The molecule has 0 unspecified atom stereocenters. The first-order valence-electron chi connectivity index (χ1n) is 8.52. The Bertz CT molecular complexity index is 657. The fourth-order valence-corrected chi connectivity index (χ4v) is 3.06. The summed E-state index contributed by atoms with van der Waals surface area (Å²) in [6.45, 7) is 3.58. The van der Waals surface area contributed by atoms with E-state index in [9.17, 15) is 4.79 Å². The molecule has 1 atom stereocenters. The van der Waals surface area contributed by atoms with E-state index >= 15 is 0 Å². The van der Waals surface area contributed by atoms with Crippen molar-refractivity contribution in [1.82, 2.24) is 15.0 Å². The van der Waals surface area contributed by atoms with E-state index < -0.39 is 0 Å². The van der Waals surface area contributed by atoms with Gasteiger partial charge in [-0.15, -0.1) is 0 Å². The topological polar surface area (TPSA) is 68.5 Å². The van der Waals surface area contributed by atoms with E-state index in [1.54, 1.807) is 0 Å². The van der Waals surface area contributed by atoms with Gasteiger partial charge in [-0.1, -0.05) is 41.9 Å². The lowest BCUT2D eigenvalue weighted by Gasteiger charge is -2.32. The van der Waals surface area contributed by atoms with Gasteiger partial charge in [-0.2, -0.15) is 4.98 Å². The molecule has 3 rings (SSSR count). The number of hydrogen-bond acceptors (Lipinski definition) is 6. The molecule has 1 aromatic carbocycles. The summed E-state index contributed by atoms with van der Waals surface area (Å²) in [6, 6.07) is 9.84. The van der Waals surface area contributed by atoms with Crippen molar-refractivity contribution < 1.29 is 14.1 Å². The van der Waals surface area contributed by atoms with Crippen molar-refractivity contribution in [2.45, 2.75) is 45.2 Å². The maximum atomic E-state index is 12.1. The van der Waals surface area contributed by atoms with Crippen LogP contribution in [0.2, 0.25) is 0 Å². The number of rotatable bonds is 6. The normalized spacial score (nSPS) is 18.5. The van der Waals surface area contributed by atoms with E-state index in [0.29, 0.717) is 31.3 Å². The summed E-state index contributed by atoms with van der Waals surface area (Å²) in [5, 5.41) is 4.05. The van der Waals surface area contributed by atoms with Crippen molar-refractivity contribution in [1.29, 1.82) is 0 Å². The third-order valence-corrected chi connectivity index (χ3v) is 4.23. The Labute approximate surface area is 141 Å². The molecule has 2 aromatic rings. The molecule has 0 amide bonds. The van der Waals surface area contributed by atoms with Gasteiger partial charge in [0.2, 0.25) is 5.89 Å². The number of carbonyl (C=O) groups excluding carboxylic acids is 1. The molecule has 1 fully saturated rings. The number of ether oxygens (including phenoxy) is 1. The Morgan fingerprint density at radius 3 is 2.96 bits per heavy atom. The zero-order valence-electron chi connectivity index (χ0n) is 14.0. The van der Waals surface area contributed by atoms with Gasteiger partial charge in [0.15, 0.2) is 5.82 Å². The van der Waals surface area contributed by atoms with Gasteiger partial charge in [0.25, 0.3) is 0 Å². The number of aromatic nitrogens is 2. The summed E-state index contributed by atoms with van der Waals surface area (Å²) in [6.07, 6.45) is 3.58. The van der Waals surface area contributed by atoms with Crippen molar-refractivity contribution in [2.75, 3.05) is 13.2 Å². The molecular weight excluding hydrogens is 306 g/mol. The summed E-state index contributed by atoms with van der Waals surface area (Å²) in [5.41, 5.74) is 1.15. The molecule has 1 aliphatic rings. The predicted molar refractivity (Wildman–Crippen MR) is 88.2 cm³/mol. The maximum absolute atomic E-state index is 12.1. The molecule has 0 saturated carbocycles. The minimum atomic E-state index is -0.205. The van der Waals surface area contributed by atoms with Crippen molar-refractivity contribution in [2.24, 2.45) is 0 Å². The molecular formula is C18H23N3O3. The monoisotopic (exact) mass is 329 g/mol. The van der Waals surface area contributed by atoms with Gasteiger partial charge >= 0.3 is 5.97 Å². The molecule has 0 spiro atoms. The summed E-state index contributed by atoms with van der Waals surface area (Å²) in [5.74, 6) is 1.07. The Balaban J connectivity index is 1.63. The zero-order valence-corrected chi connectivity index (χ0v) is 14.0. The number of piperidine rings is 1. The van der Waals surface area contributed by atoms with Crippen molar-refractivity contribution >= 4 is 5.97 Å². The van der Waals surface area contributed by atoms with Crippen LogP contribution in [0.5, 0.6) is 0 Å². The molecule has 0 aliphatic carbocycles. The smallest absolute Gasteiger partial charge is 0.323 e. The third-order valence-electron chi connectivity index (χ3n) is 4.23. The van der Waals surface area contributed by atoms with Crippen LogP contribution in [0.4, 0.5) is 0 Å². The Morgan fingerprint density at radius 1 is 1.33 bits per heavy atom. The highest BCUT2D eigenvalue weighted by Crippen LogP contribution is 2.20. The highest BCUT2D eigenvalue weighted by Gasteiger charge is 2.30. The van der Waals surface area contributed by atoms with Crippen LogP contribution >= 0.6 is 0 Å². The number of hydrogen-bond donors (Lipinski definition) is 0. The highest BCUT2D eigenvalue weighted by molar-refractivity contribution is 5.75. The first-order chi connectivity index (χ1) is 11.8. The number of nitrogens with zero attached hydrogens (tertiary/aromatic N) is 3. The summed E-state index contributed by atoms with van der Waals surface area (Å²) in [7, 11) is 0. The van der Waals surface area contributed by atoms with Gasteiger partial charge in [-0.3, -0.25) is 9.69 Å². The van der Waals surface area contributed by atoms with Crippen molar-refractivity contribution in [3.05, 3.63) is 47.6 Å². The summed E-state index contributed by atoms with van der Waals surface area (Å²) >= 11 is 0. The highest BCUT2D eigenvalue weighted by atomic mass is 16.5. The fourth-order valence-electron chi connectivity index (χ4n) is 3.06. The molecule has 2 heterocycles. The van der Waals surface area contributed by atoms with Crippen LogP contribution < -0.4 is 0 Å². The van der Waals surface area contributed by atoms with Crippen LogP contribution in [-0.4, -0.2) is 40.2 Å². The van der Waals surface area contributed by atoms with E-state index in [-0.39, 0.29) is 12.0 Å². The molecule has 0 radical (unpaired) electrons. The van der Waals surface area contributed by atoms with E-state index in [4.69, 9.17) is 9.26 Å². The fraction of sp³-hybridized carbons (Fsp3) is 0.500. The molecule has 1 aromatic heterocycles. The minimum absolute atomic E-state index is 0.152. The van der Waals surface area contributed by atoms with Crippen LogP contribution in [0, 0.1) is 0 Å². The van der Waals surface area contributed by atoms with Gasteiger partial charge in [-0.05, 0) is 31.9 Å². The van der Waals surface area contributed by atoms with Crippen LogP contribution in [0.1, 0.15) is 43.5 Å². The first-order valence-corrected chi connectivity index (χ1v) is 8.52. The van der Waals surface area contributed by atoms with Gasteiger partial charge in [-0.25, -0.2) is 0 Å². The Kier molecular flexibility index (Phi) is 5.59. The van der Waals surface area contributed by atoms with E-state index in [0.717, 1.165) is 31.4 Å². The minimum Gasteiger partial charge on any atom is -0.465 e. The van der Waals surface area contributed by atoms with Crippen molar-refractivity contribution in [3.63, 3.8) is 0 Å². The average Bonchev–Trinajstić information content (AvgIpc) is 3.03. The third kappa shape index (κ3) is 4.20. The van der Waals surface area contributed by atoms with Gasteiger partial charge in [0.1, 0.15) is 6.04 Å². The summed E-state index contributed by atoms with van der Waals surface area (Å²) in [4.78, 5) is 18.7. The number of esters is 1. The van der Waals surface area contributed by atoms with Gasteiger partial charge < -0.3 is 9.26 Å². The lowest BCUT2D eigenvalue weighted by molar-refractivity contribution is -0.151. The second-order valence-corrected chi connectivity index (χ2v) is 6.00. The van der Waals surface area contributed by atoms with Gasteiger partial charge in [0, 0.05) is 6.42 Å². The average molecular weight is 329 g/mol. The standard InChI is InChI=1S/C18H23N3O3/c1-2-23-18(22)15-10-6-7-11-21(15)13-17-19-16(20-24-17)12-14-8-4-3-5-9-14/h3-5,8-9,15H,2,6-7,10-13H2,1H3/t15-/m1/s1. The van der Waals surface area contributed by atoms with Crippen molar-refractivity contribution in [3.8, 4) is 0 Å². The SMILES string of the molecule is CCOC(=O)[C@H]1CCCCN1Cc1nc(Cc2ccccc2)no1. The Hall–Kier alpha value is -2.21. The number of likely N-dealkylation sites (tertiary alicyclic amines) is 1. The van der Waals surface area contributed by atoms with Crippen LogP contribution in [0.3, 0.4) is 0 Å². The van der Waals surface area contributed by atoms with E-state index in [1.165, 1.54) is 0 Å². The molecule has 0 bridgehead atoms.